The van der Waals surface area contributed by atoms with Crippen LogP contribution in [0.4, 0.5) is 0 Å². The molecule has 0 bridgehead atoms. The molecular weight excluding hydrogens is 332 g/mol. The molecule has 0 spiro atoms. The van der Waals surface area contributed by atoms with E-state index < -0.39 is 0 Å². The van der Waals surface area contributed by atoms with Gasteiger partial charge in [0.1, 0.15) is 10.8 Å². The molecular formula is C19H28N4OS. The highest BCUT2D eigenvalue weighted by Gasteiger charge is 2.02. The summed E-state index contributed by atoms with van der Waals surface area (Å²) >= 11 is 1.69. The number of hydrogen-bond donors (Lipinski definition) is 2. The van der Waals surface area contributed by atoms with Gasteiger partial charge >= 0.3 is 0 Å². The summed E-state index contributed by atoms with van der Waals surface area (Å²) < 4.78 is 5.69. The number of ether oxygens (including phenoxy) is 1. The van der Waals surface area contributed by atoms with Crippen LogP contribution in [0.5, 0.6) is 5.75 Å². The lowest BCUT2D eigenvalue weighted by atomic mass is 10.1. The van der Waals surface area contributed by atoms with E-state index in [4.69, 9.17) is 4.74 Å². The number of aliphatic imine (C=N–C) groups is 1. The lowest BCUT2D eigenvalue weighted by Gasteiger charge is -2.11. The molecule has 0 aliphatic rings. The average Bonchev–Trinajstić information content (AvgIpc) is 3.03. The Morgan fingerprint density at radius 3 is 2.88 bits per heavy atom. The van der Waals surface area contributed by atoms with E-state index >= 15 is 0 Å². The lowest BCUT2D eigenvalue weighted by molar-refractivity contribution is 0.317. The topological polar surface area (TPSA) is 58.5 Å². The molecule has 0 unspecified atom stereocenters. The van der Waals surface area contributed by atoms with Crippen molar-refractivity contribution in [2.75, 3.05) is 19.7 Å². The van der Waals surface area contributed by atoms with E-state index in [0.717, 1.165) is 49.3 Å². The minimum Gasteiger partial charge on any atom is -0.494 e. The van der Waals surface area contributed by atoms with Crippen LogP contribution in [0.15, 0.2) is 35.5 Å². The van der Waals surface area contributed by atoms with Crippen LogP contribution in [0.1, 0.15) is 35.7 Å². The van der Waals surface area contributed by atoms with Gasteiger partial charge in [0.2, 0.25) is 0 Å². The second kappa shape index (κ2) is 10.7. The zero-order valence-electron chi connectivity index (χ0n) is 15.3. The van der Waals surface area contributed by atoms with E-state index in [9.17, 15) is 0 Å². The Hall–Kier alpha value is -2.08. The normalized spacial score (nSPS) is 11.4. The van der Waals surface area contributed by atoms with Crippen LogP contribution >= 0.6 is 11.3 Å². The summed E-state index contributed by atoms with van der Waals surface area (Å²) in [5, 5.41) is 7.70. The van der Waals surface area contributed by atoms with Crippen LogP contribution in [-0.4, -0.2) is 30.6 Å². The van der Waals surface area contributed by atoms with Gasteiger partial charge < -0.3 is 15.4 Å². The van der Waals surface area contributed by atoms with Gasteiger partial charge in [0.05, 0.1) is 13.2 Å². The quantitative estimate of drug-likeness (QED) is 0.530. The zero-order chi connectivity index (χ0) is 17.9. The number of rotatable bonds is 9. The van der Waals surface area contributed by atoms with E-state index in [1.165, 1.54) is 10.4 Å². The monoisotopic (exact) mass is 360 g/mol. The van der Waals surface area contributed by atoms with Crippen LogP contribution in [0, 0.1) is 6.92 Å². The number of aromatic nitrogens is 1. The predicted molar refractivity (Wildman–Crippen MR) is 106 cm³/mol. The van der Waals surface area contributed by atoms with E-state index in [2.05, 4.69) is 53.5 Å². The summed E-state index contributed by atoms with van der Waals surface area (Å²) in [7, 11) is 0. The van der Waals surface area contributed by atoms with Crippen LogP contribution in [0.3, 0.4) is 0 Å². The van der Waals surface area contributed by atoms with Crippen molar-refractivity contribution in [2.45, 2.75) is 40.2 Å². The van der Waals surface area contributed by atoms with Crippen molar-refractivity contribution in [3.05, 3.63) is 45.9 Å². The molecule has 2 aromatic rings. The van der Waals surface area contributed by atoms with E-state index in [1.807, 2.05) is 18.3 Å². The van der Waals surface area contributed by atoms with Crippen LogP contribution in [0.25, 0.3) is 0 Å². The fourth-order valence-electron chi connectivity index (χ4n) is 2.30. The molecule has 0 aliphatic heterocycles. The molecule has 0 radical (unpaired) electrons. The number of benzene rings is 1. The molecule has 25 heavy (non-hydrogen) atoms. The number of hydrogen-bond acceptors (Lipinski definition) is 4. The maximum Gasteiger partial charge on any atom is 0.191 e. The summed E-state index contributed by atoms with van der Waals surface area (Å²) in [6.45, 7) is 9.26. The Morgan fingerprint density at radius 2 is 2.16 bits per heavy atom. The number of guanidine groups is 1. The fraction of sp³-hybridized carbons (Fsp3) is 0.474. The number of nitrogens with one attached hydrogen (secondary N) is 2. The van der Waals surface area contributed by atoms with Crippen molar-refractivity contribution in [1.29, 1.82) is 0 Å². The first-order valence-corrected chi connectivity index (χ1v) is 9.68. The first-order valence-electron chi connectivity index (χ1n) is 8.86. The van der Waals surface area contributed by atoms with Gasteiger partial charge in [-0.2, -0.15) is 0 Å². The molecule has 2 rings (SSSR count). The first kappa shape index (κ1) is 19.2. The molecule has 2 N–H and O–H groups in total. The SMILES string of the molecule is CCCOc1cccc(CCNC(=NCc2ncc(C)s2)NCC)c1. The molecule has 0 saturated heterocycles. The predicted octanol–water partition coefficient (Wildman–Crippen LogP) is 3.54. The largest absolute Gasteiger partial charge is 0.494 e. The highest BCUT2D eigenvalue weighted by molar-refractivity contribution is 7.11. The van der Waals surface area contributed by atoms with Crippen molar-refractivity contribution in [2.24, 2.45) is 4.99 Å². The number of thiazole rings is 1. The second-order valence-electron chi connectivity index (χ2n) is 5.73. The number of aryl methyl sites for hydroxylation is 1. The third-order valence-corrected chi connectivity index (χ3v) is 4.36. The maximum absolute atomic E-state index is 5.69. The molecule has 136 valence electrons. The Morgan fingerprint density at radius 1 is 1.28 bits per heavy atom. The van der Waals surface area contributed by atoms with Crippen molar-refractivity contribution in [3.63, 3.8) is 0 Å². The standard InChI is InChI=1S/C19H28N4OS/c1-4-11-24-17-8-6-7-16(12-17)9-10-21-19(20-5-2)23-14-18-22-13-15(3)25-18/h6-8,12-13H,4-5,9-11,14H2,1-3H3,(H2,20,21,23). The maximum atomic E-state index is 5.69. The minimum absolute atomic E-state index is 0.605. The summed E-state index contributed by atoms with van der Waals surface area (Å²) in [6, 6.07) is 8.29. The van der Waals surface area contributed by atoms with Gasteiger partial charge in [0.15, 0.2) is 5.96 Å². The third kappa shape index (κ3) is 7.13. The van der Waals surface area contributed by atoms with Crippen molar-refractivity contribution < 1.29 is 4.74 Å². The van der Waals surface area contributed by atoms with Gasteiger partial charge in [0, 0.05) is 24.2 Å². The van der Waals surface area contributed by atoms with Crippen LogP contribution < -0.4 is 15.4 Å². The van der Waals surface area contributed by atoms with Crippen molar-refractivity contribution in [1.82, 2.24) is 15.6 Å². The molecule has 0 amide bonds. The van der Waals surface area contributed by atoms with Gasteiger partial charge in [-0.25, -0.2) is 9.98 Å². The van der Waals surface area contributed by atoms with Gasteiger partial charge in [-0.1, -0.05) is 19.1 Å². The lowest BCUT2D eigenvalue weighted by Crippen LogP contribution is -2.38. The van der Waals surface area contributed by atoms with E-state index in [1.54, 1.807) is 11.3 Å². The number of nitrogens with zero attached hydrogens (tertiary/aromatic N) is 2. The third-order valence-electron chi connectivity index (χ3n) is 3.46. The Labute approximate surface area is 154 Å². The van der Waals surface area contributed by atoms with Crippen molar-refractivity contribution in [3.8, 4) is 5.75 Å². The molecule has 6 heteroatoms. The molecule has 5 nitrogen and oxygen atoms in total. The van der Waals surface area contributed by atoms with Crippen LogP contribution in [-0.2, 0) is 13.0 Å². The fourth-order valence-corrected chi connectivity index (χ4v) is 3.01. The smallest absolute Gasteiger partial charge is 0.191 e. The summed E-state index contributed by atoms with van der Waals surface area (Å²) in [4.78, 5) is 10.2. The van der Waals surface area contributed by atoms with E-state index in [-0.39, 0.29) is 0 Å². The highest BCUT2D eigenvalue weighted by Crippen LogP contribution is 2.14. The molecule has 0 atom stereocenters. The first-order chi connectivity index (χ1) is 12.2. The molecule has 0 fully saturated rings. The second-order valence-corrected chi connectivity index (χ2v) is 7.05. The van der Waals surface area contributed by atoms with E-state index in [0.29, 0.717) is 6.54 Å². The van der Waals surface area contributed by atoms with Gasteiger partial charge in [-0.05, 0) is 44.4 Å². The Kier molecular flexibility index (Phi) is 8.25. The highest BCUT2D eigenvalue weighted by atomic mass is 32.1. The molecule has 1 aromatic heterocycles. The summed E-state index contributed by atoms with van der Waals surface area (Å²) in [5.41, 5.74) is 1.26. The molecule has 1 heterocycles. The zero-order valence-corrected chi connectivity index (χ0v) is 16.2. The summed E-state index contributed by atoms with van der Waals surface area (Å²) in [5.74, 6) is 1.77. The van der Waals surface area contributed by atoms with Crippen molar-refractivity contribution >= 4 is 17.3 Å². The molecule has 0 aliphatic carbocycles. The van der Waals surface area contributed by atoms with Crippen LogP contribution in [0.2, 0.25) is 0 Å². The minimum atomic E-state index is 0.605. The van der Waals surface area contributed by atoms with Gasteiger partial charge in [-0.15, -0.1) is 11.3 Å². The van der Waals surface area contributed by atoms with Gasteiger partial charge in [0.25, 0.3) is 0 Å². The average molecular weight is 361 g/mol. The summed E-state index contributed by atoms with van der Waals surface area (Å²) in [6.07, 6.45) is 3.83. The van der Waals surface area contributed by atoms with Gasteiger partial charge in [-0.3, -0.25) is 0 Å². The Balaban J connectivity index is 1.84. The Bertz CT molecular complexity index is 669. The molecule has 0 saturated carbocycles. The molecule has 1 aromatic carbocycles.